The molecule has 5 rings (SSSR count). The number of halogens is 3. The summed E-state index contributed by atoms with van der Waals surface area (Å²) >= 11 is 13.5. The number of carbonyl (C=O) groups is 8. The lowest BCUT2D eigenvalue weighted by Crippen LogP contribution is -2.63. The number of nitrogens with zero attached hydrogens (tertiary/aromatic N) is 1. The van der Waals surface area contributed by atoms with Crippen LogP contribution in [0.3, 0.4) is 0 Å². The van der Waals surface area contributed by atoms with Gasteiger partial charge in [-0.3, -0.25) is 30.3 Å². The average Bonchev–Trinajstić information content (AvgIpc) is 1.73. The Bertz CT molecular complexity index is 2730. The van der Waals surface area contributed by atoms with Crippen LogP contribution in [0.4, 0.5) is 31.4 Å². The lowest BCUT2D eigenvalue weighted by Gasteiger charge is -2.42. The van der Waals surface area contributed by atoms with Gasteiger partial charge in [0.2, 0.25) is 17.7 Å². The number of fused-ring (bicyclic) bond motifs is 5. The molecular formula is C58H81Br2ClN8O15. The number of alkyl halides is 2. The van der Waals surface area contributed by atoms with Crippen LogP contribution in [0.15, 0.2) is 60.2 Å². The molecule has 1 unspecified atom stereocenters. The minimum Gasteiger partial charge on any atom is -0.495 e. The van der Waals surface area contributed by atoms with Crippen LogP contribution in [0.1, 0.15) is 99.0 Å². The number of benzene rings is 2. The molecule has 7 amide bonds. The van der Waals surface area contributed by atoms with Crippen LogP contribution in [0, 0.1) is 11.8 Å². The van der Waals surface area contributed by atoms with E-state index in [0.717, 1.165) is 23.7 Å². The van der Waals surface area contributed by atoms with E-state index < -0.39 is 113 Å². The average molecular weight is 1330 g/mol. The molecule has 3 aliphatic rings. The van der Waals surface area contributed by atoms with Gasteiger partial charge in [0.15, 0.2) is 12.0 Å². The topological polar surface area (TPSA) is 317 Å². The summed E-state index contributed by atoms with van der Waals surface area (Å²) < 4.78 is 35.6. The molecule has 9 N–H and O–H groups in total. The molecule has 4 bridgehead atoms. The van der Waals surface area contributed by atoms with Crippen LogP contribution in [0.2, 0.25) is 5.02 Å². The number of alkyl carbamates (subject to hydrolysis) is 1. The number of hydrogen-bond acceptors (Lipinski definition) is 16. The molecule has 0 radical (unpaired) electrons. The molecule has 23 nitrogen and oxygen atoms in total. The number of nitrogens with two attached hydrogens (primary N) is 1. The second-order valence-corrected chi connectivity index (χ2v) is 24.2. The maximum atomic E-state index is 14.4. The normalized spacial score (nSPS) is 25.0. The van der Waals surface area contributed by atoms with Gasteiger partial charge < -0.3 is 69.7 Å². The van der Waals surface area contributed by atoms with Gasteiger partial charge in [-0.15, -0.1) is 0 Å². The van der Waals surface area contributed by atoms with E-state index in [9.17, 15) is 43.5 Å². The number of urea groups is 1. The summed E-state index contributed by atoms with van der Waals surface area (Å²) in [6.07, 6.45) is 2.45. The van der Waals surface area contributed by atoms with Gasteiger partial charge in [0.1, 0.15) is 52.6 Å². The van der Waals surface area contributed by atoms with Crippen molar-refractivity contribution < 1.29 is 71.9 Å². The van der Waals surface area contributed by atoms with Crippen molar-refractivity contribution in [2.45, 2.75) is 165 Å². The smallest absolute Gasteiger partial charge is 0.412 e. The summed E-state index contributed by atoms with van der Waals surface area (Å²) in [6.45, 7) is 12.8. The Hall–Kier alpha value is -5.67. The molecule has 2 aromatic rings. The highest BCUT2D eigenvalue weighted by molar-refractivity contribution is 9.10. The number of aliphatic hydroxyl groups is 1. The number of hydrogen-bond donors (Lipinski definition) is 8. The first-order valence-electron chi connectivity index (χ1n) is 27.7. The molecule has 464 valence electrons. The summed E-state index contributed by atoms with van der Waals surface area (Å²) in [5.41, 5.74) is 2.75. The highest BCUT2D eigenvalue weighted by Gasteiger charge is 2.64. The summed E-state index contributed by atoms with van der Waals surface area (Å²) in [7, 11) is 4.41. The SMILES string of the molecule is COc1cc2cc(c1Cl)N(C)C(=O)C[C@H](OC(=O)Nc1ccc(NC(=O)[C@H](CCCNC(N)=O)NC(=O)[C@@H](NC(C=O)CCCC(C)(C)OC(C=O)(CBr)CBr)C(C)C)cc1)[C@]1(C)O[C@H]1[C@H](C)[C@@H]1C[C@@](O)(NC(=O)O1)[C@H](OC)/C=C/C=C(\C)C2. The zero-order valence-electron chi connectivity index (χ0n) is 49.1. The third-order valence-electron chi connectivity index (χ3n) is 15.1. The first-order chi connectivity index (χ1) is 39.6. The Morgan fingerprint density at radius 3 is 2.29 bits per heavy atom. The zero-order chi connectivity index (χ0) is 62.3. The minimum absolute atomic E-state index is 0.0785. The predicted molar refractivity (Wildman–Crippen MR) is 324 cm³/mol. The van der Waals surface area contributed by atoms with Crippen molar-refractivity contribution in [3.63, 3.8) is 0 Å². The summed E-state index contributed by atoms with van der Waals surface area (Å²) in [6, 6.07) is 6.00. The van der Waals surface area contributed by atoms with Crippen molar-refractivity contribution in [1.82, 2.24) is 21.3 Å². The molecule has 2 aromatic carbocycles. The van der Waals surface area contributed by atoms with E-state index in [1.54, 1.807) is 52.0 Å². The van der Waals surface area contributed by atoms with E-state index in [1.165, 1.54) is 50.4 Å². The summed E-state index contributed by atoms with van der Waals surface area (Å²) in [4.78, 5) is 107. The molecule has 84 heavy (non-hydrogen) atoms. The van der Waals surface area contributed by atoms with Crippen LogP contribution < -0.4 is 47.3 Å². The van der Waals surface area contributed by atoms with Crippen molar-refractivity contribution >= 4 is 109 Å². The van der Waals surface area contributed by atoms with E-state index in [1.807, 2.05) is 26.8 Å². The van der Waals surface area contributed by atoms with Crippen molar-refractivity contribution in [1.29, 1.82) is 0 Å². The van der Waals surface area contributed by atoms with E-state index in [-0.39, 0.29) is 58.8 Å². The Morgan fingerprint density at radius 2 is 1.69 bits per heavy atom. The summed E-state index contributed by atoms with van der Waals surface area (Å²) in [5.74, 6) is -2.27. The molecule has 3 aliphatic heterocycles. The fourth-order valence-corrected chi connectivity index (χ4v) is 12.0. The minimum atomic E-state index is -1.90. The van der Waals surface area contributed by atoms with E-state index >= 15 is 0 Å². The third-order valence-corrected chi connectivity index (χ3v) is 17.4. The number of anilines is 3. The van der Waals surface area contributed by atoms with E-state index in [2.05, 4.69) is 63.8 Å². The number of primary amides is 1. The van der Waals surface area contributed by atoms with Crippen molar-refractivity contribution in [2.75, 3.05) is 54.0 Å². The fourth-order valence-electron chi connectivity index (χ4n) is 10.3. The molecule has 26 heteroatoms. The molecule has 0 aromatic heterocycles. The van der Waals surface area contributed by atoms with Crippen LogP contribution in [-0.2, 0) is 54.1 Å². The molecule has 2 fully saturated rings. The quantitative estimate of drug-likeness (QED) is 0.0212. The number of allylic oxidation sites excluding steroid dienone is 3. The first kappa shape index (κ1) is 69.1. The fraction of sp³-hybridized carbons (Fsp3) is 0.586. The van der Waals surface area contributed by atoms with Gasteiger partial charge in [-0.2, -0.15) is 0 Å². The maximum absolute atomic E-state index is 14.4. The monoisotopic (exact) mass is 1320 g/mol. The second-order valence-electron chi connectivity index (χ2n) is 22.7. The Morgan fingerprint density at radius 1 is 1.02 bits per heavy atom. The molecule has 2 saturated heterocycles. The van der Waals surface area contributed by atoms with Gasteiger partial charge >= 0.3 is 18.2 Å². The number of amides is 7. The molecule has 10 atom stereocenters. The standard InChI is InChI=1S/C58H81Br2ClN8O15/c1-33(2)48(64-39(29-70)15-12-22-55(5,6)84-57(30-59,31-60)32-71)51(74)67-40(16-13-23-63-52(62)75)50(73)65-37-18-20-38(21-19-37)66-53(76)82-45-27-46(72)69(8)41-25-36(26-42(79-9)47(41)61)24-34(3)14-11-17-44(80-10)58(78)28-43(81-54(77)68-58)35(4)49-56(45,7)83-49/h11,14,17-21,25-26,29,32-33,35,39-40,43-45,48-49,64,78H,12-13,15-16,22-24,27-28,30-31H2,1-10H3,(H,65,73)(H,66,76)(H,67,74)(H,68,77)(H3,62,63,75)/b17-11+,34-14+/t35-,39?,40+,43+,44-,45+,48+,49+,56+,58+/m1/s1. The first-order valence-corrected chi connectivity index (χ1v) is 30.3. The van der Waals surface area contributed by atoms with Gasteiger partial charge in [-0.25, -0.2) is 14.4 Å². The molecule has 0 spiro atoms. The number of nitrogens with one attached hydrogen (secondary N) is 6. The Balaban J connectivity index is 1.32. The van der Waals surface area contributed by atoms with E-state index in [4.69, 9.17) is 45.8 Å². The lowest BCUT2D eigenvalue weighted by atomic mass is 9.83. The summed E-state index contributed by atoms with van der Waals surface area (Å²) in [5, 5.41) is 29.1. The molecule has 0 saturated carbocycles. The van der Waals surface area contributed by atoms with Gasteiger partial charge in [0, 0.05) is 55.1 Å². The largest absolute Gasteiger partial charge is 0.495 e. The van der Waals surface area contributed by atoms with Crippen molar-refractivity contribution in [3.8, 4) is 5.75 Å². The highest BCUT2D eigenvalue weighted by Crippen LogP contribution is 2.49. The zero-order valence-corrected chi connectivity index (χ0v) is 53.1. The number of epoxide rings is 1. The van der Waals surface area contributed by atoms with Crippen LogP contribution >= 0.6 is 43.5 Å². The predicted octanol–water partition coefficient (Wildman–Crippen LogP) is 7.12. The Kier molecular flexibility index (Phi) is 25.2. The number of aldehydes is 2. The van der Waals surface area contributed by atoms with E-state index in [0.29, 0.717) is 37.1 Å². The number of ether oxygens (including phenoxy) is 6. The van der Waals surface area contributed by atoms with Gasteiger partial charge in [-0.1, -0.05) is 88.0 Å². The third kappa shape index (κ3) is 18.7. The van der Waals surface area contributed by atoms with Crippen molar-refractivity contribution in [3.05, 3.63) is 70.8 Å². The number of carbonyl (C=O) groups excluding carboxylic acids is 8. The molecular weight excluding hydrogens is 1240 g/mol. The number of methoxy groups -OCH3 is 2. The van der Waals surface area contributed by atoms with Crippen LogP contribution in [0.5, 0.6) is 5.75 Å². The van der Waals surface area contributed by atoms with Crippen molar-refractivity contribution in [2.24, 2.45) is 17.6 Å². The molecule has 3 heterocycles. The highest BCUT2D eigenvalue weighted by atomic mass is 79.9. The lowest BCUT2D eigenvalue weighted by molar-refractivity contribution is -0.146. The van der Waals surface area contributed by atoms with Gasteiger partial charge in [0.05, 0.1) is 43.0 Å². The second kappa shape index (κ2) is 30.6. The number of rotatable bonds is 25. The van der Waals surface area contributed by atoms with Crippen LogP contribution in [-0.4, -0.2) is 157 Å². The van der Waals surface area contributed by atoms with Gasteiger partial charge in [-0.05, 0) is 114 Å². The van der Waals surface area contributed by atoms with Gasteiger partial charge in [0.25, 0.3) is 0 Å². The Labute approximate surface area is 512 Å². The maximum Gasteiger partial charge on any atom is 0.412 e. The van der Waals surface area contributed by atoms with Crippen LogP contribution in [0.25, 0.3) is 0 Å². The molecule has 0 aliphatic carbocycles.